The van der Waals surface area contributed by atoms with Gasteiger partial charge in [-0.3, -0.25) is 9.20 Å². The molecule has 1 aliphatic carbocycles. The van der Waals surface area contributed by atoms with Crippen LogP contribution in [0.2, 0.25) is 0 Å². The van der Waals surface area contributed by atoms with Crippen LogP contribution in [0.15, 0.2) is 23.7 Å². The van der Waals surface area contributed by atoms with E-state index in [4.69, 9.17) is 0 Å². The second kappa shape index (κ2) is 11.8. The van der Waals surface area contributed by atoms with Gasteiger partial charge in [-0.25, -0.2) is 4.98 Å². The molecule has 0 spiro atoms. The molecule has 3 unspecified atom stereocenters. The lowest BCUT2D eigenvalue weighted by Crippen LogP contribution is -2.46. The average Bonchev–Trinajstić information content (AvgIpc) is 3.08. The molecule has 0 aliphatic heterocycles. The van der Waals surface area contributed by atoms with E-state index in [1.165, 1.54) is 0 Å². The van der Waals surface area contributed by atoms with Crippen LogP contribution in [-0.4, -0.2) is 49.9 Å². The minimum Gasteiger partial charge on any atom is -0.357 e. The van der Waals surface area contributed by atoms with Gasteiger partial charge >= 0.3 is 0 Å². The summed E-state index contributed by atoms with van der Waals surface area (Å²) in [7, 11) is -0.689. The van der Waals surface area contributed by atoms with Gasteiger partial charge in [0.2, 0.25) is 0 Å². The standard InChI is InChI=1S/C16H29N5OS.HI/c1-3-18-16(19-9-11-21-10-8-17-13-21)20-14-6-5-7-15(12-14)23(22)4-2;/h8,10,13-15H,3-7,9,11-12H2,1-2H3,(H2,18,19,20);1H. The van der Waals surface area contributed by atoms with E-state index in [1.54, 1.807) is 6.20 Å². The Kier molecular flexibility index (Phi) is 10.6. The van der Waals surface area contributed by atoms with Gasteiger partial charge in [-0.2, -0.15) is 0 Å². The Morgan fingerprint density at radius 2 is 2.25 bits per heavy atom. The zero-order valence-corrected chi connectivity index (χ0v) is 17.8. The molecule has 1 saturated carbocycles. The maximum absolute atomic E-state index is 12.1. The minimum absolute atomic E-state index is 0. The average molecular weight is 467 g/mol. The number of nitrogens with zero attached hydrogens (tertiary/aromatic N) is 3. The maximum atomic E-state index is 12.1. The van der Waals surface area contributed by atoms with Crippen LogP contribution in [0.25, 0.3) is 0 Å². The lowest BCUT2D eigenvalue weighted by molar-refractivity contribution is 0.413. The Balaban J connectivity index is 0.00000288. The van der Waals surface area contributed by atoms with Crippen molar-refractivity contribution in [3.63, 3.8) is 0 Å². The van der Waals surface area contributed by atoms with E-state index in [9.17, 15) is 4.21 Å². The molecule has 0 radical (unpaired) electrons. The van der Waals surface area contributed by atoms with Gasteiger partial charge in [0.15, 0.2) is 5.96 Å². The van der Waals surface area contributed by atoms with Crippen LogP contribution < -0.4 is 10.6 Å². The Morgan fingerprint density at radius 3 is 2.92 bits per heavy atom. The third kappa shape index (κ3) is 7.08. The highest BCUT2D eigenvalue weighted by Gasteiger charge is 2.25. The van der Waals surface area contributed by atoms with Crippen molar-refractivity contribution in [2.75, 3.05) is 18.8 Å². The zero-order valence-electron chi connectivity index (χ0n) is 14.6. The van der Waals surface area contributed by atoms with E-state index >= 15 is 0 Å². The minimum atomic E-state index is -0.689. The summed E-state index contributed by atoms with van der Waals surface area (Å²) in [4.78, 5) is 8.68. The quantitative estimate of drug-likeness (QED) is 0.366. The second-order valence-corrected chi connectivity index (χ2v) is 7.87. The SMILES string of the molecule is CCNC(=NCCn1ccnc1)NC1CCCC(S(=O)CC)C1.I. The molecule has 1 aromatic rings. The lowest BCUT2D eigenvalue weighted by Gasteiger charge is -2.30. The molecular weight excluding hydrogens is 437 g/mol. The molecule has 1 heterocycles. The molecule has 2 rings (SSSR count). The van der Waals surface area contributed by atoms with Gasteiger partial charge in [0.05, 0.1) is 12.9 Å². The maximum Gasteiger partial charge on any atom is 0.191 e. The molecule has 1 aliphatic rings. The fourth-order valence-corrected chi connectivity index (χ4v) is 4.31. The van der Waals surface area contributed by atoms with Crippen LogP contribution in [0.1, 0.15) is 39.5 Å². The van der Waals surface area contributed by atoms with Crippen molar-refractivity contribution in [1.29, 1.82) is 0 Å². The second-order valence-electron chi connectivity index (χ2n) is 5.86. The molecule has 3 atom stereocenters. The van der Waals surface area contributed by atoms with Crippen molar-refractivity contribution >= 4 is 40.7 Å². The highest BCUT2D eigenvalue weighted by Crippen LogP contribution is 2.22. The molecule has 1 aromatic heterocycles. The molecule has 1 fully saturated rings. The summed E-state index contributed by atoms with van der Waals surface area (Å²) in [6.07, 6.45) is 9.87. The Labute approximate surface area is 164 Å². The molecule has 0 aromatic carbocycles. The van der Waals surface area contributed by atoms with Crippen LogP contribution in [0.4, 0.5) is 0 Å². The first-order chi connectivity index (χ1) is 11.2. The molecule has 0 saturated heterocycles. The monoisotopic (exact) mass is 467 g/mol. The fourth-order valence-electron chi connectivity index (χ4n) is 2.96. The van der Waals surface area contributed by atoms with E-state index in [-0.39, 0.29) is 24.0 Å². The lowest BCUT2D eigenvalue weighted by atomic mass is 9.95. The summed E-state index contributed by atoms with van der Waals surface area (Å²) in [6, 6.07) is 0.371. The molecular formula is C16H30IN5OS. The van der Waals surface area contributed by atoms with E-state index in [1.807, 2.05) is 24.0 Å². The predicted molar refractivity (Wildman–Crippen MR) is 111 cm³/mol. The molecule has 0 bridgehead atoms. The summed E-state index contributed by atoms with van der Waals surface area (Å²) in [6.45, 7) is 6.46. The number of aliphatic imine (C=N–C) groups is 1. The molecule has 24 heavy (non-hydrogen) atoms. The van der Waals surface area contributed by atoms with E-state index in [0.717, 1.165) is 50.5 Å². The number of guanidine groups is 1. The van der Waals surface area contributed by atoms with Crippen molar-refractivity contribution in [2.24, 2.45) is 4.99 Å². The predicted octanol–water partition coefficient (Wildman–Crippen LogP) is 2.14. The Hall–Kier alpha value is -0.640. The van der Waals surface area contributed by atoms with Gasteiger partial charge < -0.3 is 15.2 Å². The van der Waals surface area contributed by atoms with Crippen molar-refractivity contribution in [3.8, 4) is 0 Å². The number of nitrogens with one attached hydrogen (secondary N) is 2. The molecule has 0 amide bonds. The van der Waals surface area contributed by atoms with E-state index in [2.05, 4.69) is 27.5 Å². The normalized spacial score (nSPS) is 22.5. The largest absolute Gasteiger partial charge is 0.357 e. The highest BCUT2D eigenvalue weighted by molar-refractivity contribution is 14.0. The van der Waals surface area contributed by atoms with Crippen LogP contribution in [0.5, 0.6) is 0 Å². The number of hydrogen-bond donors (Lipinski definition) is 2. The zero-order chi connectivity index (χ0) is 16.5. The smallest absolute Gasteiger partial charge is 0.191 e. The summed E-state index contributed by atoms with van der Waals surface area (Å²) < 4.78 is 14.1. The van der Waals surface area contributed by atoms with Gasteiger partial charge in [-0.15, -0.1) is 24.0 Å². The first-order valence-corrected chi connectivity index (χ1v) is 9.98. The Morgan fingerprint density at radius 1 is 1.42 bits per heavy atom. The first-order valence-electron chi connectivity index (χ1n) is 8.60. The number of imidazole rings is 1. The van der Waals surface area contributed by atoms with Gasteiger partial charge in [0, 0.05) is 53.3 Å². The highest BCUT2D eigenvalue weighted by atomic mass is 127. The van der Waals surface area contributed by atoms with Crippen LogP contribution in [-0.2, 0) is 17.3 Å². The molecule has 138 valence electrons. The van der Waals surface area contributed by atoms with Gasteiger partial charge in [-0.1, -0.05) is 13.3 Å². The fraction of sp³-hybridized carbons (Fsp3) is 0.750. The van der Waals surface area contributed by atoms with Crippen LogP contribution in [0, 0.1) is 0 Å². The number of aromatic nitrogens is 2. The molecule has 6 nitrogen and oxygen atoms in total. The van der Waals surface area contributed by atoms with E-state index < -0.39 is 10.8 Å². The van der Waals surface area contributed by atoms with Crippen molar-refractivity contribution in [2.45, 2.75) is 57.4 Å². The van der Waals surface area contributed by atoms with Crippen molar-refractivity contribution in [3.05, 3.63) is 18.7 Å². The van der Waals surface area contributed by atoms with Crippen LogP contribution >= 0.6 is 24.0 Å². The summed E-state index contributed by atoms with van der Waals surface area (Å²) in [5, 5.41) is 7.17. The van der Waals surface area contributed by atoms with Gasteiger partial charge in [-0.05, 0) is 26.2 Å². The summed E-state index contributed by atoms with van der Waals surface area (Å²) in [5.41, 5.74) is 0. The molecule has 8 heteroatoms. The van der Waals surface area contributed by atoms with Crippen LogP contribution in [0.3, 0.4) is 0 Å². The topological polar surface area (TPSA) is 71.3 Å². The Bertz CT molecular complexity index is 509. The first kappa shape index (κ1) is 21.4. The number of rotatable bonds is 7. The number of hydrogen-bond acceptors (Lipinski definition) is 3. The molecule has 2 N–H and O–H groups in total. The number of halogens is 1. The third-order valence-corrected chi connectivity index (χ3v) is 5.90. The van der Waals surface area contributed by atoms with Gasteiger partial charge in [0.25, 0.3) is 0 Å². The van der Waals surface area contributed by atoms with E-state index in [0.29, 0.717) is 17.8 Å². The van der Waals surface area contributed by atoms with Crippen molar-refractivity contribution < 1.29 is 4.21 Å². The summed E-state index contributed by atoms with van der Waals surface area (Å²) in [5.74, 6) is 1.62. The van der Waals surface area contributed by atoms with Gasteiger partial charge in [0.1, 0.15) is 0 Å². The third-order valence-electron chi connectivity index (χ3n) is 4.15. The summed E-state index contributed by atoms with van der Waals surface area (Å²) >= 11 is 0. The van der Waals surface area contributed by atoms with Crippen molar-refractivity contribution in [1.82, 2.24) is 20.2 Å².